The summed E-state index contributed by atoms with van der Waals surface area (Å²) in [7, 11) is -3.17. The van der Waals surface area contributed by atoms with Crippen LogP contribution in [0, 0.1) is 0 Å². The van der Waals surface area contributed by atoms with Crippen molar-refractivity contribution in [2.24, 2.45) is 0 Å². The summed E-state index contributed by atoms with van der Waals surface area (Å²) in [4.78, 5) is 20.1. The fourth-order valence-electron chi connectivity index (χ4n) is 1.67. The van der Waals surface area contributed by atoms with Crippen LogP contribution in [0.15, 0.2) is 23.9 Å². The molecule has 1 aromatic heterocycles. The SMILES string of the molecule is CC(C)c1ncc(C(=O)N[C@H]2C=CS(=O)(=O)C2)cn1. The van der Waals surface area contributed by atoms with Crippen LogP contribution in [0.3, 0.4) is 0 Å². The van der Waals surface area contributed by atoms with Crippen LogP contribution in [0.2, 0.25) is 0 Å². The molecule has 1 aliphatic rings. The number of carbonyl (C=O) groups excluding carboxylic acids is 1. The van der Waals surface area contributed by atoms with Gasteiger partial charge in [0.15, 0.2) is 9.84 Å². The molecule has 102 valence electrons. The van der Waals surface area contributed by atoms with E-state index in [1.54, 1.807) is 0 Å². The van der Waals surface area contributed by atoms with E-state index in [2.05, 4.69) is 15.3 Å². The Morgan fingerprint density at radius 2 is 2.00 bits per heavy atom. The third-order valence-electron chi connectivity index (χ3n) is 2.70. The predicted octanol–water partition coefficient (Wildman–Crippen LogP) is 0.641. The zero-order chi connectivity index (χ0) is 14.0. The standard InChI is InChI=1S/C12H15N3O3S/c1-8(2)11-13-5-9(6-14-11)12(16)15-10-3-4-19(17,18)7-10/h3-6,8,10H,7H2,1-2H3,(H,15,16)/t10-/m0/s1. The Labute approximate surface area is 111 Å². The highest BCUT2D eigenvalue weighted by molar-refractivity contribution is 7.94. The van der Waals surface area contributed by atoms with Gasteiger partial charge in [0.1, 0.15) is 5.82 Å². The summed E-state index contributed by atoms with van der Waals surface area (Å²) < 4.78 is 22.4. The Hall–Kier alpha value is -1.76. The van der Waals surface area contributed by atoms with Crippen LogP contribution in [0.5, 0.6) is 0 Å². The first kappa shape index (κ1) is 13.7. The lowest BCUT2D eigenvalue weighted by Crippen LogP contribution is -2.35. The third kappa shape index (κ3) is 3.37. The minimum atomic E-state index is -3.17. The summed E-state index contributed by atoms with van der Waals surface area (Å²) in [6.45, 7) is 3.92. The fraction of sp³-hybridized carbons (Fsp3) is 0.417. The van der Waals surface area contributed by atoms with Gasteiger partial charge in [-0.2, -0.15) is 0 Å². The molecule has 1 aliphatic heterocycles. The van der Waals surface area contributed by atoms with Gasteiger partial charge in [-0.15, -0.1) is 0 Å². The van der Waals surface area contributed by atoms with Crippen LogP contribution >= 0.6 is 0 Å². The molecule has 0 bridgehead atoms. The molecule has 0 radical (unpaired) electrons. The molecule has 6 nitrogen and oxygen atoms in total. The maximum absolute atomic E-state index is 11.9. The van der Waals surface area contributed by atoms with Crippen molar-refractivity contribution in [1.82, 2.24) is 15.3 Å². The highest BCUT2D eigenvalue weighted by atomic mass is 32.2. The minimum absolute atomic E-state index is 0.0936. The van der Waals surface area contributed by atoms with Gasteiger partial charge in [-0.3, -0.25) is 4.79 Å². The van der Waals surface area contributed by atoms with Crippen molar-refractivity contribution in [3.63, 3.8) is 0 Å². The van der Waals surface area contributed by atoms with Gasteiger partial charge in [0, 0.05) is 23.7 Å². The Kier molecular flexibility index (Phi) is 3.66. The molecule has 1 atom stereocenters. The number of hydrogen-bond acceptors (Lipinski definition) is 5. The summed E-state index contributed by atoms with van der Waals surface area (Å²) in [5, 5.41) is 3.74. The number of aromatic nitrogens is 2. The van der Waals surface area contributed by atoms with Crippen LogP contribution in [0.1, 0.15) is 35.9 Å². The van der Waals surface area contributed by atoms with E-state index in [0.29, 0.717) is 11.4 Å². The molecule has 1 aromatic rings. The fourth-order valence-corrected chi connectivity index (χ4v) is 2.91. The monoisotopic (exact) mass is 281 g/mol. The van der Waals surface area contributed by atoms with E-state index in [0.717, 1.165) is 5.41 Å². The third-order valence-corrected chi connectivity index (χ3v) is 4.09. The molecule has 0 saturated heterocycles. The average Bonchev–Trinajstić information content (AvgIpc) is 2.68. The van der Waals surface area contributed by atoms with Crippen LogP contribution in [0.4, 0.5) is 0 Å². The van der Waals surface area contributed by atoms with Gasteiger partial charge in [0.2, 0.25) is 0 Å². The van der Waals surface area contributed by atoms with E-state index >= 15 is 0 Å². The van der Waals surface area contributed by atoms with Crippen molar-refractivity contribution in [3.05, 3.63) is 35.3 Å². The Morgan fingerprint density at radius 1 is 1.37 bits per heavy atom. The van der Waals surface area contributed by atoms with Crippen molar-refractivity contribution >= 4 is 15.7 Å². The molecule has 0 aliphatic carbocycles. The van der Waals surface area contributed by atoms with E-state index in [9.17, 15) is 13.2 Å². The van der Waals surface area contributed by atoms with Crippen molar-refractivity contribution in [3.8, 4) is 0 Å². The lowest BCUT2D eigenvalue weighted by atomic mass is 10.2. The number of rotatable bonds is 3. The number of hydrogen-bond donors (Lipinski definition) is 1. The molecule has 1 amide bonds. The molecule has 7 heteroatoms. The normalized spacial score (nSPS) is 20.7. The smallest absolute Gasteiger partial charge is 0.254 e. The van der Waals surface area contributed by atoms with E-state index in [1.807, 2.05) is 13.8 Å². The highest BCUT2D eigenvalue weighted by Crippen LogP contribution is 2.10. The van der Waals surface area contributed by atoms with Gasteiger partial charge in [-0.05, 0) is 6.08 Å². The van der Waals surface area contributed by atoms with Crippen LogP contribution in [-0.2, 0) is 9.84 Å². The average molecular weight is 281 g/mol. The Bertz CT molecular complexity index is 606. The number of nitrogens with one attached hydrogen (secondary N) is 1. The van der Waals surface area contributed by atoms with Gasteiger partial charge in [0.25, 0.3) is 5.91 Å². The van der Waals surface area contributed by atoms with Gasteiger partial charge in [-0.1, -0.05) is 13.8 Å². The molecule has 2 rings (SSSR count). The first-order valence-electron chi connectivity index (χ1n) is 5.91. The zero-order valence-corrected chi connectivity index (χ0v) is 11.5. The first-order chi connectivity index (χ1) is 8.87. The maximum Gasteiger partial charge on any atom is 0.254 e. The highest BCUT2D eigenvalue weighted by Gasteiger charge is 2.23. The van der Waals surface area contributed by atoms with Gasteiger partial charge in [0.05, 0.1) is 17.4 Å². The molecule has 0 aromatic carbocycles. The van der Waals surface area contributed by atoms with Crippen LogP contribution in [-0.4, -0.2) is 36.1 Å². The van der Waals surface area contributed by atoms with Gasteiger partial charge >= 0.3 is 0 Å². The summed E-state index contributed by atoms with van der Waals surface area (Å²) >= 11 is 0. The quantitative estimate of drug-likeness (QED) is 0.878. The number of sulfone groups is 1. The van der Waals surface area contributed by atoms with Crippen LogP contribution < -0.4 is 5.32 Å². The molecule has 0 saturated carbocycles. The zero-order valence-electron chi connectivity index (χ0n) is 10.7. The molecule has 0 unspecified atom stereocenters. The summed E-state index contributed by atoms with van der Waals surface area (Å²) in [6, 6.07) is -0.484. The van der Waals surface area contributed by atoms with E-state index in [4.69, 9.17) is 0 Å². The van der Waals surface area contributed by atoms with Gasteiger partial charge in [-0.25, -0.2) is 18.4 Å². The second-order valence-corrected chi connectivity index (χ2v) is 6.65. The Morgan fingerprint density at radius 3 is 2.47 bits per heavy atom. The molecular formula is C12H15N3O3S. The first-order valence-corrected chi connectivity index (χ1v) is 7.63. The lowest BCUT2D eigenvalue weighted by Gasteiger charge is -2.10. The Balaban J connectivity index is 2.03. The van der Waals surface area contributed by atoms with E-state index in [1.165, 1.54) is 18.5 Å². The van der Waals surface area contributed by atoms with E-state index in [-0.39, 0.29) is 17.6 Å². The molecule has 1 N–H and O–H groups in total. The lowest BCUT2D eigenvalue weighted by molar-refractivity contribution is 0.0947. The predicted molar refractivity (Wildman–Crippen MR) is 70.3 cm³/mol. The topological polar surface area (TPSA) is 89.0 Å². The second kappa shape index (κ2) is 5.08. The van der Waals surface area contributed by atoms with Crippen molar-refractivity contribution in [2.75, 3.05) is 5.75 Å². The van der Waals surface area contributed by atoms with Crippen molar-refractivity contribution in [1.29, 1.82) is 0 Å². The summed E-state index contributed by atoms with van der Waals surface area (Å²) in [5.41, 5.74) is 0.321. The second-order valence-electron chi connectivity index (χ2n) is 4.72. The molecule has 2 heterocycles. The minimum Gasteiger partial charge on any atom is -0.345 e. The van der Waals surface area contributed by atoms with Gasteiger partial charge < -0.3 is 5.32 Å². The number of nitrogens with zero attached hydrogens (tertiary/aromatic N) is 2. The molecule has 19 heavy (non-hydrogen) atoms. The maximum atomic E-state index is 11.9. The summed E-state index contributed by atoms with van der Waals surface area (Å²) in [6.07, 6.45) is 4.37. The molecule has 0 spiro atoms. The number of carbonyl (C=O) groups is 1. The molecule has 0 fully saturated rings. The van der Waals surface area contributed by atoms with Crippen LogP contribution in [0.25, 0.3) is 0 Å². The van der Waals surface area contributed by atoms with Crippen molar-refractivity contribution < 1.29 is 13.2 Å². The number of amides is 1. The van der Waals surface area contributed by atoms with Crippen molar-refractivity contribution in [2.45, 2.75) is 25.8 Å². The molecular weight excluding hydrogens is 266 g/mol. The largest absolute Gasteiger partial charge is 0.345 e. The van der Waals surface area contributed by atoms with E-state index < -0.39 is 15.9 Å². The summed E-state index contributed by atoms with van der Waals surface area (Å²) in [5.74, 6) is 0.394.